The first-order valence-electron chi connectivity index (χ1n) is 6.98. The van der Waals surface area contributed by atoms with Gasteiger partial charge in [0.05, 0.1) is 0 Å². The fourth-order valence-corrected chi connectivity index (χ4v) is 3.46. The lowest BCUT2D eigenvalue weighted by Crippen LogP contribution is -2.24. The van der Waals surface area contributed by atoms with Crippen LogP contribution in [0.4, 0.5) is 0 Å². The number of hydrogen-bond acceptors (Lipinski definition) is 2. The van der Waals surface area contributed by atoms with Crippen LogP contribution in [-0.2, 0) is 0 Å². The molecule has 1 N–H and O–H groups in total. The van der Waals surface area contributed by atoms with Crippen molar-refractivity contribution in [3.8, 4) is 0 Å². The number of benzene rings is 1. The minimum Gasteiger partial charge on any atom is -0.303 e. The van der Waals surface area contributed by atoms with E-state index >= 15 is 0 Å². The van der Waals surface area contributed by atoms with Gasteiger partial charge in [0.2, 0.25) is 0 Å². The van der Waals surface area contributed by atoms with Crippen molar-refractivity contribution in [1.29, 1.82) is 0 Å². The van der Waals surface area contributed by atoms with E-state index in [1.54, 1.807) is 0 Å². The molecule has 1 aromatic heterocycles. The second-order valence-corrected chi connectivity index (χ2v) is 6.20. The molecule has 2 heteroatoms. The molecule has 0 saturated carbocycles. The van der Waals surface area contributed by atoms with Crippen LogP contribution in [0.3, 0.4) is 0 Å². The van der Waals surface area contributed by atoms with Crippen LogP contribution in [0.15, 0.2) is 35.7 Å². The van der Waals surface area contributed by atoms with Crippen LogP contribution in [0.2, 0.25) is 0 Å². The average molecular weight is 273 g/mol. The van der Waals surface area contributed by atoms with Crippen LogP contribution >= 0.6 is 11.3 Å². The summed E-state index contributed by atoms with van der Waals surface area (Å²) in [6, 6.07) is 11.9. The molecule has 1 heterocycles. The Labute approximate surface area is 120 Å². The van der Waals surface area contributed by atoms with E-state index in [1.807, 2.05) is 11.3 Å². The number of thiophene rings is 1. The molecule has 2 aromatic rings. The number of hydrogen-bond donors (Lipinski definition) is 1. The highest BCUT2D eigenvalue weighted by atomic mass is 32.1. The quantitative estimate of drug-likeness (QED) is 0.792. The van der Waals surface area contributed by atoms with Crippen molar-refractivity contribution in [1.82, 2.24) is 5.32 Å². The lowest BCUT2D eigenvalue weighted by molar-refractivity contribution is 0.461. The molecule has 0 aliphatic carbocycles. The van der Waals surface area contributed by atoms with Crippen LogP contribution in [0.1, 0.15) is 53.9 Å². The Balaban J connectivity index is 2.13. The Kier molecular flexibility index (Phi) is 4.78. The van der Waals surface area contributed by atoms with Gasteiger partial charge in [-0.25, -0.2) is 0 Å². The maximum absolute atomic E-state index is 3.76. The molecule has 0 bridgehead atoms. The zero-order valence-electron chi connectivity index (χ0n) is 12.2. The highest BCUT2D eigenvalue weighted by Crippen LogP contribution is 2.26. The first kappa shape index (κ1) is 14.3. The van der Waals surface area contributed by atoms with Crippen molar-refractivity contribution in [3.63, 3.8) is 0 Å². The summed E-state index contributed by atoms with van der Waals surface area (Å²) < 4.78 is 0. The molecule has 0 aliphatic heterocycles. The zero-order valence-corrected chi connectivity index (χ0v) is 13.1. The van der Waals surface area contributed by atoms with E-state index < -0.39 is 0 Å². The van der Waals surface area contributed by atoms with Crippen LogP contribution < -0.4 is 5.32 Å². The lowest BCUT2D eigenvalue weighted by atomic mass is 9.99. The Bertz CT molecular complexity index is 516. The molecular formula is C17H23NS. The molecule has 2 rings (SSSR count). The first-order valence-corrected chi connectivity index (χ1v) is 7.86. The lowest BCUT2D eigenvalue weighted by Gasteiger charge is -2.23. The van der Waals surface area contributed by atoms with E-state index in [4.69, 9.17) is 0 Å². The average Bonchev–Trinajstić information content (AvgIpc) is 2.89. The largest absolute Gasteiger partial charge is 0.303 e. The van der Waals surface area contributed by atoms with E-state index in [2.05, 4.69) is 68.7 Å². The highest BCUT2D eigenvalue weighted by Gasteiger charge is 2.15. The third-order valence-corrected chi connectivity index (χ3v) is 4.62. The van der Waals surface area contributed by atoms with Gasteiger partial charge in [0, 0.05) is 17.0 Å². The molecule has 0 saturated heterocycles. The normalized spacial score (nSPS) is 14.3. The fourth-order valence-electron chi connectivity index (χ4n) is 2.59. The smallest absolute Gasteiger partial charge is 0.0416 e. The van der Waals surface area contributed by atoms with Gasteiger partial charge < -0.3 is 5.32 Å². The molecule has 19 heavy (non-hydrogen) atoms. The molecule has 0 aliphatic rings. The summed E-state index contributed by atoms with van der Waals surface area (Å²) in [4.78, 5) is 1.43. The Morgan fingerprint density at radius 1 is 1.21 bits per heavy atom. The van der Waals surface area contributed by atoms with E-state index in [1.165, 1.54) is 21.6 Å². The van der Waals surface area contributed by atoms with E-state index in [0.717, 1.165) is 6.42 Å². The third-order valence-electron chi connectivity index (χ3n) is 3.64. The van der Waals surface area contributed by atoms with E-state index in [9.17, 15) is 0 Å². The molecule has 0 spiro atoms. The van der Waals surface area contributed by atoms with Gasteiger partial charge in [-0.15, -0.1) is 11.3 Å². The molecule has 1 nitrogen and oxygen atoms in total. The maximum Gasteiger partial charge on any atom is 0.0416 e. The maximum atomic E-state index is 3.76. The standard InChI is InChI=1S/C17H23NS/c1-5-16(17-7-6-10-19-17)18-14(4)15-9-8-12(2)11-13(15)3/h6-11,14,16,18H,5H2,1-4H3. The van der Waals surface area contributed by atoms with Crippen molar-refractivity contribution in [2.45, 2.75) is 46.2 Å². The van der Waals surface area contributed by atoms with Gasteiger partial charge in [-0.3, -0.25) is 0 Å². The van der Waals surface area contributed by atoms with E-state index in [-0.39, 0.29) is 0 Å². The van der Waals surface area contributed by atoms with Crippen molar-refractivity contribution in [2.75, 3.05) is 0 Å². The predicted molar refractivity (Wildman–Crippen MR) is 84.8 cm³/mol. The summed E-state index contributed by atoms with van der Waals surface area (Å²) in [5.74, 6) is 0. The third kappa shape index (κ3) is 3.46. The minimum atomic E-state index is 0.382. The molecule has 102 valence electrons. The first-order chi connectivity index (χ1) is 9.11. The summed E-state index contributed by atoms with van der Waals surface area (Å²) in [7, 11) is 0. The van der Waals surface area contributed by atoms with Crippen molar-refractivity contribution >= 4 is 11.3 Å². The summed E-state index contributed by atoms with van der Waals surface area (Å²) in [6.07, 6.45) is 1.12. The van der Waals surface area contributed by atoms with Crippen molar-refractivity contribution in [3.05, 3.63) is 57.3 Å². The van der Waals surface area contributed by atoms with E-state index in [0.29, 0.717) is 12.1 Å². The zero-order chi connectivity index (χ0) is 13.8. The van der Waals surface area contributed by atoms with Gasteiger partial charge in [0.15, 0.2) is 0 Å². The molecule has 2 atom stereocenters. The molecule has 0 fully saturated rings. The Morgan fingerprint density at radius 2 is 2.00 bits per heavy atom. The summed E-state index contributed by atoms with van der Waals surface area (Å²) in [5.41, 5.74) is 4.11. The van der Waals surface area contributed by atoms with Crippen LogP contribution in [-0.4, -0.2) is 0 Å². The van der Waals surface area contributed by atoms with Gasteiger partial charge in [-0.1, -0.05) is 36.8 Å². The second-order valence-electron chi connectivity index (χ2n) is 5.22. The fraction of sp³-hybridized carbons (Fsp3) is 0.412. The molecular weight excluding hydrogens is 250 g/mol. The minimum absolute atomic E-state index is 0.382. The van der Waals surface area contributed by atoms with Gasteiger partial charge in [0.1, 0.15) is 0 Å². The summed E-state index contributed by atoms with van der Waals surface area (Å²) >= 11 is 1.84. The van der Waals surface area contributed by atoms with Crippen molar-refractivity contribution in [2.24, 2.45) is 0 Å². The molecule has 2 unspecified atom stereocenters. The Hall–Kier alpha value is -1.12. The van der Waals surface area contributed by atoms with Crippen molar-refractivity contribution < 1.29 is 0 Å². The number of aryl methyl sites for hydroxylation is 2. The van der Waals surface area contributed by atoms with Crippen LogP contribution in [0, 0.1) is 13.8 Å². The van der Waals surface area contributed by atoms with Crippen LogP contribution in [0.5, 0.6) is 0 Å². The summed E-state index contributed by atoms with van der Waals surface area (Å²) in [6.45, 7) is 8.85. The highest BCUT2D eigenvalue weighted by molar-refractivity contribution is 7.10. The van der Waals surface area contributed by atoms with Gasteiger partial charge >= 0.3 is 0 Å². The van der Waals surface area contributed by atoms with Crippen LogP contribution in [0.25, 0.3) is 0 Å². The SMILES string of the molecule is CCC(NC(C)c1ccc(C)cc1C)c1cccs1. The number of rotatable bonds is 5. The monoisotopic (exact) mass is 273 g/mol. The molecule has 0 amide bonds. The second kappa shape index (κ2) is 6.36. The Morgan fingerprint density at radius 3 is 2.58 bits per heavy atom. The molecule has 0 radical (unpaired) electrons. The van der Waals surface area contributed by atoms with Gasteiger partial charge in [-0.05, 0) is 49.8 Å². The van der Waals surface area contributed by atoms with Gasteiger partial charge in [0.25, 0.3) is 0 Å². The summed E-state index contributed by atoms with van der Waals surface area (Å²) in [5, 5.41) is 5.91. The topological polar surface area (TPSA) is 12.0 Å². The number of nitrogens with one attached hydrogen (secondary N) is 1. The predicted octanol–water partition coefficient (Wildman–Crippen LogP) is 5.17. The molecule has 1 aromatic carbocycles. The van der Waals surface area contributed by atoms with Gasteiger partial charge in [-0.2, -0.15) is 0 Å².